The van der Waals surface area contributed by atoms with E-state index in [0.29, 0.717) is 18.7 Å². The molecular weight excluding hydrogens is 440 g/mol. The molecule has 0 saturated carbocycles. The van der Waals surface area contributed by atoms with Crippen molar-refractivity contribution in [2.24, 2.45) is 0 Å². The van der Waals surface area contributed by atoms with Crippen molar-refractivity contribution >= 4 is 16.9 Å². The third-order valence-electron chi connectivity index (χ3n) is 6.39. The van der Waals surface area contributed by atoms with Gasteiger partial charge >= 0.3 is 0 Å². The number of benzene rings is 3. The molecule has 5 rings (SSSR count). The van der Waals surface area contributed by atoms with E-state index in [1.807, 2.05) is 67.6 Å². The molecule has 0 spiro atoms. The predicted molar refractivity (Wildman–Crippen MR) is 135 cm³/mol. The number of nitrogens with one attached hydrogen (secondary N) is 2. The highest BCUT2D eigenvalue weighted by Gasteiger charge is 2.15. The number of aryl methyl sites for hydroxylation is 1. The Morgan fingerprint density at radius 2 is 1.83 bits per heavy atom. The molecule has 1 saturated heterocycles. The van der Waals surface area contributed by atoms with Crippen molar-refractivity contribution in [2.75, 3.05) is 39.4 Å². The zero-order chi connectivity index (χ0) is 24.0. The van der Waals surface area contributed by atoms with Gasteiger partial charge in [-0.1, -0.05) is 30.3 Å². The number of nitrogens with zero attached hydrogens (tertiary/aromatic N) is 2. The molecule has 3 aromatic carbocycles. The molecule has 1 aromatic heterocycles. The number of aromatic nitrogens is 2. The number of ether oxygens (including phenoxy) is 2. The molecule has 1 aliphatic heterocycles. The molecule has 1 fully saturated rings. The Labute approximate surface area is 205 Å². The molecule has 0 aliphatic carbocycles. The van der Waals surface area contributed by atoms with Crippen LogP contribution in [0, 0.1) is 6.92 Å². The van der Waals surface area contributed by atoms with Gasteiger partial charge in [-0.25, -0.2) is 4.98 Å². The third-order valence-corrected chi connectivity index (χ3v) is 6.39. The van der Waals surface area contributed by atoms with Crippen molar-refractivity contribution in [1.82, 2.24) is 14.9 Å². The van der Waals surface area contributed by atoms with E-state index in [4.69, 9.17) is 14.5 Å². The van der Waals surface area contributed by atoms with Gasteiger partial charge in [0.2, 0.25) is 0 Å². The summed E-state index contributed by atoms with van der Waals surface area (Å²) >= 11 is 0. The summed E-state index contributed by atoms with van der Waals surface area (Å²) in [6.07, 6.45) is 0. The van der Waals surface area contributed by atoms with E-state index in [1.165, 1.54) is 4.90 Å². The van der Waals surface area contributed by atoms with Gasteiger partial charge in [0.1, 0.15) is 31.3 Å². The highest BCUT2D eigenvalue weighted by atomic mass is 16.5. The molecule has 0 radical (unpaired) electrons. The molecule has 0 bridgehead atoms. The van der Waals surface area contributed by atoms with Gasteiger partial charge in [-0.15, -0.1) is 0 Å². The first-order valence-electron chi connectivity index (χ1n) is 12.1. The second-order valence-electron chi connectivity index (χ2n) is 8.83. The average Bonchev–Trinajstić information content (AvgIpc) is 3.24. The summed E-state index contributed by atoms with van der Waals surface area (Å²) in [6, 6.07) is 23.8. The van der Waals surface area contributed by atoms with Crippen molar-refractivity contribution in [1.29, 1.82) is 0 Å². The van der Waals surface area contributed by atoms with Gasteiger partial charge in [0.05, 0.1) is 37.3 Å². The summed E-state index contributed by atoms with van der Waals surface area (Å²) in [5.74, 6) is 1.62. The second kappa shape index (κ2) is 10.7. The highest BCUT2D eigenvalue weighted by Crippen LogP contribution is 2.24. The van der Waals surface area contributed by atoms with E-state index >= 15 is 0 Å². The molecule has 4 aromatic rings. The van der Waals surface area contributed by atoms with Crippen LogP contribution in [0.25, 0.3) is 16.7 Å². The number of hydrogen-bond donors (Lipinski definition) is 2. The van der Waals surface area contributed by atoms with E-state index in [1.54, 1.807) is 0 Å². The van der Waals surface area contributed by atoms with Crippen LogP contribution in [-0.4, -0.2) is 54.9 Å². The fourth-order valence-electron chi connectivity index (χ4n) is 4.47. The van der Waals surface area contributed by atoms with Crippen molar-refractivity contribution in [3.8, 4) is 11.4 Å². The summed E-state index contributed by atoms with van der Waals surface area (Å²) < 4.78 is 13.4. The average molecular weight is 472 g/mol. The van der Waals surface area contributed by atoms with Crippen molar-refractivity contribution < 1.29 is 19.2 Å². The molecule has 1 aliphatic rings. The Kier molecular flexibility index (Phi) is 7.07. The summed E-state index contributed by atoms with van der Waals surface area (Å²) in [7, 11) is 0. The lowest BCUT2D eigenvalue weighted by atomic mass is 10.2. The van der Waals surface area contributed by atoms with Crippen molar-refractivity contribution in [3.05, 3.63) is 89.7 Å². The Balaban J connectivity index is 1.25. The maximum absolute atomic E-state index is 12.7. The van der Waals surface area contributed by atoms with Crippen LogP contribution in [-0.2, 0) is 11.3 Å². The fraction of sp³-hybridized carbons (Fsp3) is 0.286. The van der Waals surface area contributed by atoms with Crippen LogP contribution in [0.3, 0.4) is 0 Å². The van der Waals surface area contributed by atoms with E-state index in [0.717, 1.165) is 66.7 Å². The lowest BCUT2D eigenvalue weighted by Gasteiger charge is -2.23. The molecule has 1 amide bonds. The molecule has 2 N–H and O–H groups in total. The van der Waals surface area contributed by atoms with Crippen LogP contribution in [0.4, 0.5) is 0 Å². The van der Waals surface area contributed by atoms with Gasteiger partial charge < -0.3 is 19.7 Å². The maximum Gasteiger partial charge on any atom is 0.251 e. The zero-order valence-corrected chi connectivity index (χ0v) is 20.0. The number of imidazole rings is 1. The first-order chi connectivity index (χ1) is 17.2. The van der Waals surface area contributed by atoms with Crippen molar-refractivity contribution in [2.45, 2.75) is 13.5 Å². The molecule has 180 valence electrons. The van der Waals surface area contributed by atoms with E-state index in [2.05, 4.69) is 22.0 Å². The lowest BCUT2D eigenvalue weighted by molar-refractivity contribution is -0.906. The molecule has 7 nitrogen and oxygen atoms in total. The summed E-state index contributed by atoms with van der Waals surface area (Å²) in [6.45, 7) is 7.67. The Bertz CT molecular complexity index is 1280. The lowest BCUT2D eigenvalue weighted by Crippen LogP contribution is -3.14. The minimum Gasteiger partial charge on any atom is -0.489 e. The SMILES string of the molecule is Cc1nc2cc(C(=O)NCC[NH+]3CCOCC3)ccc2n1-c1ccc(OCc2ccccc2)cc1. The van der Waals surface area contributed by atoms with E-state index < -0.39 is 0 Å². The first kappa shape index (κ1) is 23.1. The maximum atomic E-state index is 12.7. The van der Waals surface area contributed by atoms with Crippen LogP contribution >= 0.6 is 0 Å². The van der Waals surface area contributed by atoms with E-state index in [-0.39, 0.29) is 5.91 Å². The number of carbonyl (C=O) groups excluding carboxylic acids is 1. The van der Waals surface area contributed by atoms with Crippen LogP contribution in [0.2, 0.25) is 0 Å². The zero-order valence-electron chi connectivity index (χ0n) is 20.0. The Morgan fingerprint density at radius 1 is 1.06 bits per heavy atom. The predicted octanol–water partition coefficient (Wildman–Crippen LogP) is 2.56. The number of carbonyl (C=O) groups is 1. The summed E-state index contributed by atoms with van der Waals surface area (Å²) in [5, 5.41) is 3.04. The molecule has 0 unspecified atom stereocenters. The minimum absolute atomic E-state index is 0.0633. The third kappa shape index (κ3) is 5.53. The Morgan fingerprint density at radius 3 is 2.60 bits per heavy atom. The largest absolute Gasteiger partial charge is 0.489 e. The topological polar surface area (TPSA) is 69.8 Å². The van der Waals surface area contributed by atoms with Gasteiger partial charge in [-0.2, -0.15) is 0 Å². The van der Waals surface area contributed by atoms with Crippen LogP contribution < -0.4 is 15.0 Å². The number of quaternary nitrogens is 1. The minimum atomic E-state index is -0.0633. The number of fused-ring (bicyclic) bond motifs is 1. The Hall–Kier alpha value is -3.68. The number of hydrogen-bond acceptors (Lipinski definition) is 4. The molecule has 35 heavy (non-hydrogen) atoms. The standard InChI is InChI=1S/C28H30N4O3/c1-21-30-26-19-23(28(33)29-13-14-31-15-17-34-18-16-31)7-12-27(26)32(21)24-8-10-25(11-9-24)35-20-22-5-3-2-4-6-22/h2-12,19H,13-18,20H2,1H3,(H,29,33)/p+1. The van der Waals surface area contributed by atoms with Crippen LogP contribution in [0.5, 0.6) is 5.75 Å². The monoisotopic (exact) mass is 471 g/mol. The van der Waals surface area contributed by atoms with E-state index in [9.17, 15) is 4.79 Å². The number of amides is 1. The van der Waals surface area contributed by atoms with Gasteiger partial charge in [-0.3, -0.25) is 9.36 Å². The molecule has 7 heteroatoms. The van der Waals surface area contributed by atoms with Crippen LogP contribution in [0.1, 0.15) is 21.7 Å². The summed E-state index contributed by atoms with van der Waals surface area (Å²) in [5.41, 5.74) is 4.54. The smallest absolute Gasteiger partial charge is 0.251 e. The molecular formula is C28H31N4O3+. The fourth-order valence-corrected chi connectivity index (χ4v) is 4.47. The summed E-state index contributed by atoms with van der Waals surface area (Å²) in [4.78, 5) is 18.9. The first-order valence-corrected chi connectivity index (χ1v) is 12.1. The van der Waals surface area contributed by atoms with Gasteiger partial charge in [0, 0.05) is 11.3 Å². The highest BCUT2D eigenvalue weighted by molar-refractivity contribution is 5.97. The van der Waals surface area contributed by atoms with Crippen molar-refractivity contribution in [3.63, 3.8) is 0 Å². The van der Waals surface area contributed by atoms with Crippen LogP contribution in [0.15, 0.2) is 72.8 Å². The quantitative estimate of drug-likeness (QED) is 0.415. The van der Waals surface area contributed by atoms with Gasteiger partial charge in [0.15, 0.2) is 0 Å². The number of morpholine rings is 1. The molecule has 0 atom stereocenters. The van der Waals surface area contributed by atoms with Gasteiger partial charge in [-0.05, 0) is 55.0 Å². The second-order valence-corrected chi connectivity index (χ2v) is 8.83. The molecule has 2 heterocycles. The number of rotatable bonds is 8. The normalized spacial score (nSPS) is 14.2. The van der Waals surface area contributed by atoms with Gasteiger partial charge in [0.25, 0.3) is 5.91 Å².